The van der Waals surface area contributed by atoms with Crippen LogP contribution in [0.2, 0.25) is 5.02 Å². The molecule has 0 bridgehead atoms. The molecule has 1 atom stereocenters. The topological polar surface area (TPSA) is 68.2 Å². The molecule has 7 heteroatoms. The zero-order valence-electron chi connectivity index (χ0n) is 13.6. The first-order valence-corrected chi connectivity index (χ1v) is 7.75. The van der Waals surface area contributed by atoms with Crippen molar-refractivity contribution in [1.82, 2.24) is 15.1 Å². The number of aryl methyl sites for hydroxylation is 1. The van der Waals surface area contributed by atoms with E-state index in [1.165, 1.54) is 0 Å². The number of carbonyl (C=O) groups is 1. The Morgan fingerprint density at radius 2 is 2.09 bits per heavy atom. The number of halogens is 1. The Morgan fingerprint density at radius 1 is 1.35 bits per heavy atom. The van der Waals surface area contributed by atoms with Crippen molar-refractivity contribution in [3.05, 3.63) is 41.2 Å². The standard InChI is InChI=1S/C16H21ClN4O2/c1-10(2)23-15-6-5-13(7-14(15)17)20-16(22)19-11(3)12-8-18-21(4)9-12/h5-11H,1-4H3,(H2,19,20,22)/t11-/m0/s1. The Balaban J connectivity index is 1.96. The molecule has 2 rings (SSSR count). The highest BCUT2D eigenvalue weighted by Gasteiger charge is 2.12. The Kier molecular flexibility index (Phi) is 5.50. The molecule has 23 heavy (non-hydrogen) atoms. The lowest BCUT2D eigenvalue weighted by atomic mass is 10.2. The van der Waals surface area contributed by atoms with Crippen molar-refractivity contribution in [3.63, 3.8) is 0 Å². The van der Waals surface area contributed by atoms with Gasteiger partial charge in [0.15, 0.2) is 0 Å². The lowest BCUT2D eigenvalue weighted by molar-refractivity contribution is 0.242. The molecule has 2 N–H and O–H groups in total. The third-order valence-corrected chi connectivity index (χ3v) is 3.42. The summed E-state index contributed by atoms with van der Waals surface area (Å²) in [5.41, 5.74) is 1.53. The summed E-state index contributed by atoms with van der Waals surface area (Å²) in [6.45, 7) is 5.74. The Morgan fingerprint density at radius 3 is 2.65 bits per heavy atom. The monoisotopic (exact) mass is 336 g/mol. The van der Waals surface area contributed by atoms with Gasteiger partial charge >= 0.3 is 6.03 Å². The van der Waals surface area contributed by atoms with Crippen molar-refractivity contribution in [3.8, 4) is 5.75 Å². The van der Waals surface area contributed by atoms with Gasteiger partial charge in [-0.25, -0.2) is 4.79 Å². The number of ether oxygens (including phenoxy) is 1. The molecule has 1 aromatic carbocycles. The summed E-state index contributed by atoms with van der Waals surface area (Å²) >= 11 is 6.15. The van der Waals surface area contributed by atoms with E-state index in [0.29, 0.717) is 16.5 Å². The minimum Gasteiger partial charge on any atom is -0.489 e. The molecule has 0 radical (unpaired) electrons. The fraction of sp³-hybridized carbons (Fsp3) is 0.375. The van der Waals surface area contributed by atoms with Crippen molar-refractivity contribution in [2.45, 2.75) is 32.9 Å². The summed E-state index contributed by atoms with van der Waals surface area (Å²) in [6, 6.07) is 4.69. The number of anilines is 1. The quantitative estimate of drug-likeness (QED) is 0.873. The second-order valence-electron chi connectivity index (χ2n) is 5.58. The molecule has 2 aromatic rings. The van der Waals surface area contributed by atoms with Gasteiger partial charge in [0.2, 0.25) is 0 Å². The van der Waals surface area contributed by atoms with Crippen LogP contribution in [-0.4, -0.2) is 21.9 Å². The zero-order valence-corrected chi connectivity index (χ0v) is 14.4. The summed E-state index contributed by atoms with van der Waals surface area (Å²) in [5.74, 6) is 0.594. The summed E-state index contributed by atoms with van der Waals surface area (Å²) in [5, 5.41) is 10.1. The summed E-state index contributed by atoms with van der Waals surface area (Å²) in [6.07, 6.45) is 3.62. The molecule has 0 unspecified atom stereocenters. The van der Waals surface area contributed by atoms with Crippen LogP contribution in [0.5, 0.6) is 5.75 Å². The van der Waals surface area contributed by atoms with Gasteiger partial charge in [0.1, 0.15) is 5.75 Å². The van der Waals surface area contributed by atoms with Crippen molar-refractivity contribution in [2.24, 2.45) is 7.05 Å². The number of rotatable bonds is 5. The number of nitrogens with one attached hydrogen (secondary N) is 2. The van der Waals surface area contributed by atoms with Gasteiger partial charge in [-0.3, -0.25) is 4.68 Å². The lowest BCUT2D eigenvalue weighted by Crippen LogP contribution is -2.31. The van der Waals surface area contributed by atoms with E-state index in [2.05, 4.69) is 15.7 Å². The van der Waals surface area contributed by atoms with Crippen molar-refractivity contribution in [1.29, 1.82) is 0 Å². The van der Waals surface area contributed by atoms with E-state index >= 15 is 0 Å². The molecule has 0 aliphatic rings. The number of nitrogens with zero attached hydrogens (tertiary/aromatic N) is 2. The van der Waals surface area contributed by atoms with Crippen LogP contribution in [0, 0.1) is 0 Å². The molecule has 0 aliphatic heterocycles. The summed E-state index contributed by atoms with van der Waals surface area (Å²) in [7, 11) is 1.83. The van der Waals surface area contributed by atoms with Crippen molar-refractivity contribution >= 4 is 23.3 Å². The maximum Gasteiger partial charge on any atom is 0.319 e. The third kappa shape index (κ3) is 4.89. The Bertz CT molecular complexity index is 684. The predicted octanol–water partition coefficient (Wildman–Crippen LogP) is 3.74. The SMILES string of the molecule is CC(C)Oc1ccc(NC(=O)N[C@@H](C)c2cnn(C)c2)cc1Cl. The number of hydrogen-bond donors (Lipinski definition) is 2. The van der Waals surface area contributed by atoms with Crippen LogP contribution >= 0.6 is 11.6 Å². The fourth-order valence-corrected chi connectivity index (χ4v) is 2.26. The van der Waals surface area contributed by atoms with E-state index in [9.17, 15) is 4.79 Å². The molecule has 1 heterocycles. The van der Waals surface area contributed by atoms with Crippen LogP contribution in [-0.2, 0) is 7.05 Å². The normalized spacial score (nSPS) is 12.1. The van der Waals surface area contributed by atoms with E-state index in [1.807, 2.05) is 34.0 Å². The Labute approximate surface area is 140 Å². The first kappa shape index (κ1) is 17.1. The average Bonchev–Trinajstić information content (AvgIpc) is 2.88. The average molecular weight is 337 g/mol. The van der Waals surface area contributed by atoms with E-state index in [-0.39, 0.29) is 18.2 Å². The Hall–Kier alpha value is -2.21. The first-order valence-electron chi connectivity index (χ1n) is 7.37. The van der Waals surface area contributed by atoms with E-state index in [1.54, 1.807) is 29.1 Å². The molecule has 0 saturated carbocycles. The highest BCUT2D eigenvalue weighted by atomic mass is 35.5. The van der Waals surface area contributed by atoms with Crippen LogP contribution in [0.4, 0.5) is 10.5 Å². The van der Waals surface area contributed by atoms with Gasteiger partial charge in [-0.05, 0) is 39.0 Å². The van der Waals surface area contributed by atoms with Crippen LogP contribution < -0.4 is 15.4 Å². The predicted molar refractivity (Wildman–Crippen MR) is 91.0 cm³/mol. The van der Waals surface area contributed by atoms with Crippen LogP contribution in [0.1, 0.15) is 32.4 Å². The van der Waals surface area contributed by atoms with Gasteiger partial charge in [-0.1, -0.05) is 11.6 Å². The molecule has 0 saturated heterocycles. The number of hydrogen-bond acceptors (Lipinski definition) is 3. The van der Waals surface area contributed by atoms with E-state index in [4.69, 9.17) is 16.3 Å². The largest absolute Gasteiger partial charge is 0.489 e. The molecule has 0 fully saturated rings. The summed E-state index contributed by atoms with van der Waals surface area (Å²) < 4.78 is 7.25. The highest BCUT2D eigenvalue weighted by Crippen LogP contribution is 2.28. The zero-order chi connectivity index (χ0) is 17.0. The minimum atomic E-state index is -0.310. The molecule has 1 aromatic heterocycles. The van der Waals surface area contributed by atoms with Gasteiger partial charge in [-0.15, -0.1) is 0 Å². The maximum absolute atomic E-state index is 12.1. The highest BCUT2D eigenvalue weighted by molar-refractivity contribution is 6.32. The van der Waals surface area contributed by atoms with Crippen LogP contribution in [0.25, 0.3) is 0 Å². The number of amides is 2. The smallest absolute Gasteiger partial charge is 0.319 e. The molecule has 6 nitrogen and oxygen atoms in total. The number of urea groups is 1. The van der Waals surface area contributed by atoms with Gasteiger partial charge in [0.25, 0.3) is 0 Å². The first-order chi connectivity index (χ1) is 10.8. The van der Waals surface area contributed by atoms with Gasteiger partial charge < -0.3 is 15.4 Å². The van der Waals surface area contributed by atoms with Crippen molar-refractivity contribution < 1.29 is 9.53 Å². The maximum atomic E-state index is 12.1. The van der Waals surface area contributed by atoms with Gasteiger partial charge in [0, 0.05) is 24.5 Å². The van der Waals surface area contributed by atoms with Crippen molar-refractivity contribution in [2.75, 3.05) is 5.32 Å². The number of carbonyl (C=O) groups excluding carboxylic acids is 1. The van der Waals surface area contributed by atoms with E-state index < -0.39 is 0 Å². The molecule has 0 aliphatic carbocycles. The summed E-state index contributed by atoms with van der Waals surface area (Å²) in [4.78, 5) is 12.1. The second kappa shape index (κ2) is 7.37. The molecular formula is C16H21ClN4O2. The van der Waals surface area contributed by atoms with Gasteiger partial charge in [0.05, 0.1) is 23.4 Å². The van der Waals surface area contributed by atoms with Gasteiger partial charge in [-0.2, -0.15) is 5.10 Å². The number of benzene rings is 1. The number of aromatic nitrogens is 2. The molecule has 2 amide bonds. The lowest BCUT2D eigenvalue weighted by Gasteiger charge is -2.15. The third-order valence-electron chi connectivity index (χ3n) is 3.12. The van der Waals surface area contributed by atoms with Crippen LogP contribution in [0.3, 0.4) is 0 Å². The molecular weight excluding hydrogens is 316 g/mol. The minimum absolute atomic E-state index is 0.0370. The van der Waals surface area contributed by atoms with Crippen LogP contribution in [0.15, 0.2) is 30.6 Å². The molecule has 0 spiro atoms. The van der Waals surface area contributed by atoms with E-state index in [0.717, 1.165) is 5.56 Å². The fourth-order valence-electron chi connectivity index (χ4n) is 2.04. The molecule has 124 valence electrons. The second-order valence-corrected chi connectivity index (χ2v) is 5.99.